The molecule has 108 valence electrons. The Hall–Kier alpha value is -1.35. The van der Waals surface area contributed by atoms with Crippen molar-refractivity contribution in [1.29, 1.82) is 0 Å². The Morgan fingerprint density at radius 1 is 1.35 bits per heavy atom. The predicted molar refractivity (Wildman–Crippen MR) is 80.9 cm³/mol. The molecule has 3 rings (SSSR count). The third kappa shape index (κ3) is 2.73. The fourth-order valence-electron chi connectivity index (χ4n) is 3.30. The van der Waals surface area contributed by atoms with Gasteiger partial charge in [-0.1, -0.05) is 31.4 Å². The number of fused-ring (bicyclic) bond motifs is 1. The molecule has 1 unspecified atom stereocenters. The minimum absolute atomic E-state index is 0.0952. The van der Waals surface area contributed by atoms with Crippen molar-refractivity contribution in [2.24, 2.45) is 5.92 Å². The van der Waals surface area contributed by atoms with Crippen LogP contribution >= 0.6 is 0 Å². The number of rotatable bonds is 4. The number of carbonyl (C=O) groups is 1. The summed E-state index contributed by atoms with van der Waals surface area (Å²) < 4.78 is 0. The molecule has 2 aliphatic rings. The molecule has 20 heavy (non-hydrogen) atoms. The summed E-state index contributed by atoms with van der Waals surface area (Å²) in [4.78, 5) is 12.1. The summed E-state index contributed by atoms with van der Waals surface area (Å²) in [5.41, 5.74) is 3.34. The van der Waals surface area contributed by atoms with Gasteiger partial charge in [-0.3, -0.25) is 4.79 Å². The Labute approximate surface area is 121 Å². The van der Waals surface area contributed by atoms with E-state index in [1.807, 2.05) is 7.05 Å². The summed E-state index contributed by atoms with van der Waals surface area (Å²) in [5.74, 6) is 0.956. The number of hydrogen-bond donors (Lipinski definition) is 2. The molecule has 1 fully saturated rings. The van der Waals surface area contributed by atoms with Gasteiger partial charge in [0.2, 0.25) is 0 Å². The average Bonchev–Trinajstić information content (AvgIpc) is 2.60. The first-order chi connectivity index (χ1) is 9.78. The summed E-state index contributed by atoms with van der Waals surface area (Å²) >= 11 is 0. The molecule has 1 aliphatic carbocycles. The Balaban J connectivity index is 1.83. The van der Waals surface area contributed by atoms with E-state index in [-0.39, 0.29) is 5.91 Å². The molecule has 0 bridgehead atoms. The molecule has 0 saturated heterocycles. The standard InChI is InChI=1S/C17H24N2O/c1-18-16(10-12-4-2-5-12)14-8-7-13-6-3-9-19-17(20)15(13)11-14/h7-8,11-12,16,18H,2-6,9-10H2,1H3,(H,19,20). The van der Waals surface area contributed by atoms with Gasteiger partial charge in [0.15, 0.2) is 0 Å². The lowest BCUT2D eigenvalue weighted by molar-refractivity contribution is 0.0956. The van der Waals surface area contributed by atoms with Crippen LogP contribution in [0.3, 0.4) is 0 Å². The van der Waals surface area contributed by atoms with E-state index in [0.29, 0.717) is 6.04 Å². The maximum absolute atomic E-state index is 12.1. The van der Waals surface area contributed by atoms with Crippen molar-refractivity contribution in [2.75, 3.05) is 13.6 Å². The number of amides is 1. The highest BCUT2D eigenvalue weighted by molar-refractivity contribution is 5.96. The molecule has 1 atom stereocenters. The van der Waals surface area contributed by atoms with E-state index in [0.717, 1.165) is 30.9 Å². The molecule has 3 heteroatoms. The first-order valence-corrected chi connectivity index (χ1v) is 7.86. The fraction of sp³-hybridized carbons (Fsp3) is 0.588. The zero-order chi connectivity index (χ0) is 13.9. The second-order valence-corrected chi connectivity index (χ2v) is 6.15. The fourth-order valence-corrected chi connectivity index (χ4v) is 3.30. The van der Waals surface area contributed by atoms with Crippen LogP contribution in [0, 0.1) is 5.92 Å². The largest absolute Gasteiger partial charge is 0.352 e. The third-order valence-electron chi connectivity index (χ3n) is 4.83. The van der Waals surface area contributed by atoms with Gasteiger partial charge in [0.25, 0.3) is 5.91 Å². The Morgan fingerprint density at radius 3 is 2.90 bits per heavy atom. The highest BCUT2D eigenvalue weighted by Crippen LogP contribution is 2.35. The zero-order valence-corrected chi connectivity index (χ0v) is 12.2. The molecule has 1 heterocycles. The first-order valence-electron chi connectivity index (χ1n) is 7.86. The number of aryl methyl sites for hydroxylation is 1. The van der Waals surface area contributed by atoms with Crippen LogP contribution in [0.25, 0.3) is 0 Å². The molecular weight excluding hydrogens is 248 g/mol. The van der Waals surface area contributed by atoms with Crippen LogP contribution in [-0.4, -0.2) is 19.5 Å². The van der Waals surface area contributed by atoms with Crippen LogP contribution < -0.4 is 10.6 Å². The maximum atomic E-state index is 12.1. The molecule has 0 radical (unpaired) electrons. The lowest BCUT2D eigenvalue weighted by Gasteiger charge is -2.30. The molecule has 0 aromatic heterocycles. The average molecular weight is 272 g/mol. The van der Waals surface area contributed by atoms with E-state index in [1.54, 1.807) is 0 Å². The molecule has 1 saturated carbocycles. The molecule has 1 aliphatic heterocycles. The Morgan fingerprint density at radius 2 is 2.20 bits per heavy atom. The van der Waals surface area contributed by atoms with Gasteiger partial charge >= 0.3 is 0 Å². The second-order valence-electron chi connectivity index (χ2n) is 6.15. The SMILES string of the molecule is CNC(CC1CCC1)c1ccc2c(c1)C(=O)NCCC2. The first kappa shape index (κ1) is 13.6. The minimum Gasteiger partial charge on any atom is -0.352 e. The molecule has 3 nitrogen and oxygen atoms in total. The number of hydrogen-bond acceptors (Lipinski definition) is 2. The smallest absolute Gasteiger partial charge is 0.251 e. The summed E-state index contributed by atoms with van der Waals surface area (Å²) in [5, 5.41) is 6.41. The predicted octanol–water partition coefficient (Wildman–Crippen LogP) is 2.81. The van der Waals surface area contributed by atoms with Gasteiger partial charge in [0, 0.05) is 18.2 Å². The van der Waals surface area contributed by atoms with Crippen LogP contribution in [0.15, 0.2) is 18.2 Å². The summed E-state index contributed by atoms with van der Waals surface area (Å²) in [6.45, 7) is 0.792. The number of nitrogens with one attached hydrogen (secondary N) is 2. The topological polar surface area (TPSA) is 41.1 Å². The van der Waals surface area contributed by atoms with Crippen LogP contribution in [0.4, 0.5) is 0 Å². The summed E-state index contributed by atoms with van der Waals surface area (Å²) in [7, 11) is 2.02. The van der Waals surface area contributed by atoms with Crippen molar-refractivity contribution in [3.63, 3.8) is 0 Å². The lowest BCUT2D eigenvalue weighted by Crippen LogP contribution is -2.25. The number of carbonyl (C=O) groups excluding carboxylic acids is 1. The van der Waals surface area contributed by atoms with Gasteiger partial charge in [-0.25, -0.2) is 0 Å². The third-order valence-corrected chi connectivity index (χ3v) is 4.83. The van der Waals surface area contributed by atoms with Gasteiger partial charge in [-0.05, 0) is 49.4 Å². The van der Waals surface area contributed by atoms with E-state index in [1.165, 1.54) is 36.8 Å². The van der Waals surface area contributed by atoms with Crippen molar-refractivity contribution in [3.8, 4) is 0 Å². The Bertz CT molecular complexity index is 494. The minimum atomic E-state index is 0.0952. The molecule has 1 amide bonds. The van der Waals surface area contributed by atoms with Crippen molar-refractivity contribution >= 4 is 5.91 Å². The van der Waals surface area contributed by atoms with Crippen molar-refractivity contribution in [2.45, 2.75) is 44.6 Å². The van der Waals surface area contributed by atoms with E-state index in [4.69, 9.17) is 0 Å². The van der Waals surface area contributed by atoms with E-state index in [2.05, 4.69) is 28.8 Å². The highest BCUT2D eigenvalue weighted by atomic mass is 16.1. The second kappa shape index (κ2) is 5.96. The van der Waals surface area contributed by atoms with Crippen molar-refractivity contribution in [3.05, 3.63) is 34.9 Å². The van der Waals surface area contributed by atoms with Gasteiger partial charge in [-0.2, -0.15) is 0 Å². The van der Waals surface area contributed by atoms with Crippen molar-refractivity contribution in [1.82, 2.24) is 10.6 Å². The van der Waals surface area contributed by atoms with E-state index >= 15 is 0 Å². The highest BCUT2D eigenvalue weighted by Gasteiger charge is 2.23. The van der Waals surface area contributed by atoms with Gasteiger partial charge < -0.3 is 10.6 Å². The van der Waals surface area contributed by atoms with Gasteiger partial charge in [0.05, 0.1) is 0 Å². The van der Waals surface area contributed by atoms with E-state index < -0.39 is 0 Å². The van der Waals surface area contributed by atoms with E-state index in [9.17, 15) is 4.79 Å². The monoisotopic (exact) mass is 272 g/mol. The van der Waals surface area contributed by atoms with Gasteiger partial charge in [-0.15, -0.1) is 0 Å². The molecule has 1 aromatic carbocycles. The van der Waals surface area contributed by atoms with Crippen LogP contribution in [0.1, 0.15) is 59.6 Å². The zero-order valence-electron chi connectivity index (χ0n) is 12.2. The number of benzene rings is 1. The molecule has 0 spiro atoms. The summed E-state index contributed by atoms with van der Waals surface area (Å²) in [6, 6.07) is 6.84. The van der Waals surface area contributed by atoms with Crippen LogP contribution in [0.2, 0.25) is 0 Å². The van der Waals surface area contributed by atoms with Gasteiger partial charge in [0.1, 0.15) is 0 Å². The lowest BCUT2D eigenvalue weighted by atomic mass is 9.79. The van der Waals surface area contributed by atoms with Crippen molar-refractivity contribution < 1.29 is 4.79 Å². The molecular formula is C17H24N2O. The van der Waals surface area contributed by atoms with Crippen LogP contribution in [0.5, 0.6) is 0 Å². The quantitative estimate of drug-likeness (QED) is 0.885. The normalized spacial score (nSPS) is 20.6. The molecule has 1 aromatic rings. The maximum Gasteiger partial charge on any atom is 0.251 e. The van der Waals surface area contributed by atoms with Crippen LogP contribution in [-0.2, 0) is 6.42 Å². The summed E-state index contributed by atoms with van der Waals surface area (Å²) in [6.07, 6.45) is 7.34. The molecule has 2 N–H and O–H groups in total. The Kier molecular flexibility index (Phi) is 4.06.